The average molecular weight is 295 g/mol. The number of nitro groups is 1. The summed E-state index contributed by atoms with van der Waals surface area (Å²) >= 11 is 0. The summed E-state index contributed by atoms with van der Waals surface area (Å²) in [4.78, 5) is 20.8. The molecule has 8 heteroatoms. The average Bonchev–Trinajstić information content (AvgIpc) is 2.42. The Bertz CT molecular complexity index is 732. The first kappa shape index (κ1) is 14.4. The molecule has 2 aromatic carbocycles. The number of nitrogens with zero attached hydrogens (tertiary/aromatic N) is 1. The summed E-state index contributed by atoms with van der Waals surface area (Å²) < 4.78 is 30.9. The predicted molar refractivity (Wildman–Crippen MR) is 66.5 cm³/mol. The standard InChI is InChI=1S/C13H7F2NO5/c14-10-3-1-8(6-11(10)15)21-7-2-4-12(16(19)20)9(5-7)13(17)18/h1-6H,(H,17,18). The Kier molecular flexibility index (Phi) is 3.79. The maximum atomic E-state index is 13.0. The largest absolute Gasteiger partial charge is 0.477 e. The van der Waals surface area contributed by atoms with Gasteiger partial charge in [0, 0.05) is 18.2 Å². The van der Waals surface area contributed by atoms with E-state index >= 15 is 0 Å². The monoisotopic (exact) mass is 295 g/mol. The fraction of sp³-hybridized carbons (Fsp3) is 0. The van der Waals surface area contributed by atoms with Crippen molar-refractivity contribution in [2.45, 2.75) is 0 Å². The van der Waals surface area contributed by atoms with E-state index < -0.39 is 33.8 Å². The van der Waals surface area contributed by atoms with Crippen molar-refractivity contribution in [3.8, 4) is 11.5 Å². The van der Waals surface area contributed by atoms with Crippen LogP contribution in [0.15, 0.2) is 36.4 Å². The zero-order chi connectivity index (χ0) is 15.6. The number of rotatable bonds is 4. The van der Waals surface area contributed by atoms with E-state index in [1.807, 2.05) is 0 Å². The highest BCUT2D eigenvalue weighted by molar-refractivity contribution is 5.92. The van der Waals surface area contributed by atoms with E-state index in [-0.39, 0.29) is 11.5 Å². The number of hydrogen-bond acceptors (Lipinski definition) is 4. The molecule has 6 nitrogen and oxygen atoms in total. The number of aromatic carboxylic acids is 1. The lowest BCUT2D eigenvalue weighted by Crippen LogP contribution is -2.02. The van der Waals surface area contributed by atoms with Gasteiger partial charge in [-0.25, -0.2) is 13.6 Å². The molecule has 1 N–H and O–H groups in total. The van der Waals surface area contributed by atoms with Crippen molar-refractivity contribution < 1.29 is 28.3 Å². The molecule has 0 bridgehead atoms. The molecule has 0 amide bonds. The van der Waals surface area contributed by atoms with Gasteiger partial charge in [-0.15, -0.1) is 0 Å². The molecule has 0 aliphatic heterocycles. The number of benzene rings is 2. The third-order valence-electron chi connectivity index (χ3n) is 2.52. The minimum Gasteiger partial charge on any atom is -0.477 e. The predicted octanol–water partition coefficient (Wildman–Crippen LogP) is 3.36. The molecule has 0 heterocycles. The fourth-order valence-corrected chi connectivity index (χ4v) is 1.59. The van der Waals surface area contributed by atoms with Gasteiger partial charge >= 0.3 is 5.97 Å². The Balaban J connectivity index is 2.36. The van der Waals surface area contributed by atoms with Crippen LogP contribution in [0.4, 0.5) is 14.5 Å². The molecule has 0 unspecified atom stereocenters. The fourth-order valence-electron chi connectivity index (χ4n) is 1.59. The van der Waals surface area contributed by atoms with Crippen LogP contribution in [0.25, 0.3) is 0 Å². The first-order valence-electron chi connectivity index (χ1n) is 5.53. The second kappa shape index (κ2) is 5.53. The molecule has 0 saturated heterocycles. The first-order chi connectivity index (χ1) is 9.88. The smallest absolute Gasteiger partial charge is 0.342 e. The maximum absolute atomic E-state index is 13.0. The van der Waals surface area contributed by atoms with Gasteiger partial charge in [0.2, 0.25) is 0 Å². The molecule has 0 aliphatic carbocycles. The number of carboxylic acids is 1. The Morgan fingerprint density at radius 3 is 2.29 bits per heavy atom. The van der Waals surface area contributed by atoms with E-state index in [1.165, 1.54) is 0 Å². The zero-order valence-corrected chi connectivity index (χ0v) is 10.2. The van der Waals surface area contributed by atoms with Crippen molar-refractivity contribution in [2.75, 3.05) is 0 Å². The van der Waals surface area contributed by atoms with E-state index in [1.54, 1.807) is 0 Å². The van der Waals surface area contributed by atoms with Gasteiger partial charge in [0.1, 0.15) is 17.1 Å². The van der Waals surface area contributed by atoms with Crippen LogP contribution < -0.4 is 4.74 Å². The summed E-state index contributed by atoms with van der Waals surface area (Å²) in [6.07, 6.45) is 0. The van der Waals surface area contributed by atoms with Crippen LogP contribution in [0.2, 0.25) is 0 Å². The SMILES string of the molecule is O=C(O)c1cc(Oc2ccc(F)c(F)c2)ccc1[N+](=O)[O-]. The number of carboxylic acid groups (broad SMARTS) is 1. The van der Waals surface area contributed by atoms with Crippen LogP contribution in [0.3, 0.4) is 0 Å². The molecular weight excluding hydrogens is 288 g/mol. The molecule has 0 saturated carbocycles. The summed E-state index contributed by atoms with van der Waals surface area (Å²) in [7, 11) is 0. The quantitative estimate of drug-likeness (QED) is 0.690. The van der Waals surface area contributed by atoms with Crippen LogP contribution in [-0.2, 0) is 0 Å². The van der Waals surface area contributed by atoms with Gasteiger partial charge < -0.3 is 9.84 Å². The Morgan fingerprint density at radius 2 is 1.71 bits per heavy atom. The highest BCUT2D eigenvalue weighted by atomic mass is 19.2. The van der Waals surface area contributed by atoms with Crippen LogP contribution in [-0.4, -0.2) is 16.0 Å². The van der Waals surface area contributed by atoms with Crippen molar-refractivity contribution in [2.24, 2.45) is 0 Å². The summed E-state index contributed by atoms with van der Waals surface area (Å²) in [6.45, 7) is 0. The van der Waals surface area contributed by atoms with Crippen molar-refractivity contribution in [1.82, 2.24) is 0 Å². The lowest BCUT2D eigenvalue weighted by Gasteiger charge is -2.07. The van der Waals surface area contributed by atoms with Gasteiger partial charge in [-0.05, 0) is 18.2 Å². The zero-order valence-electron chi connectivity index (χ0n) is 10.2. The van der Waals surface area contributed by atoms with E-state index in [0.717, 1.165) is 36.4 Å². The Hall–Kier alpha value is -3.03. The molecule has 2 rings (SSSR count). The van der Waals surface area contributed by atoms with E-state index in [4.69, 9.17) is 9.84 Å². The molecule has 0 aliphatic rings. The summed E-state index contributed by atoms with van der Waals surface area (Å²) in [6, 6.07) is 5.80. The minimum atomic E-state index is -1.50. The normalized spacial score (nSPS) is 10.2. The molecular formula is C13H7F2NO5. The summed E-state index contributed by atoms with van der Waals surface area (Å²) in [5.41, 5.74) is -1.17. The van der Waals surface area contributed by atoms with Gasteiger partial charge in [-0.1, -0.05) is 0 Å². The van der Waals surface area contributed by atoms with Crippen LogP contribution >= 0.6 is 0 Å². The highest BCUT2D eigenvalue weighted by Gasteiger charge is 2.20. The van der Waals surface area contributed by atoms with Crippen molar-refractivity contribution in [1.29, 1.82) is 0 Å². The van der Waals surface area contributed by atoms with E-state index in [2.05, 4.69) is 0 Å². The van der Waals surface area contributed by atoms with Crippen LogP contribution in [0, 0.1) is 21.7 Å². The highest BCUT2D eigenvalue weighted by Crippen LogP contribution is 2.28. The lowest BCUT2D eigenvalue weighted by molar-refractivity contribution is -0.385. The van der Waals surface area contributed by atoms with Crippen LogP contribution in [0.1, 0.15) is 10.4 Å². The minimum absolute atomic E-state index is 0.0518. The molecule has 0 aromatic heterocycles. The van der Waals surface area contributed by atoms with Crippen molar-refractivity contribution in [3.63, 3.8) is 0 Å². The lowest BCUT2D eigenvalue weighted by atomic mass is 10.1. The Morgan fingerprint density at radius 1 is 1.10 bits per heavy atom. The van der Waals surface area contributed by atoms with Crippen molar-refractivity contribution >= 4 is 11.7 Å². The molecule has 2 aromatic rings. The van der Waals surface area contributed by atoms with Gasteiger partial charge in [0.15, 0.2) is 11.6 Å². The maximum Gasteiger partial charge on any atom is 0.342 e. The third-order valence-corrected chi connectivity index (χ3v) is 2.52. The van der Waals surface area contributed by atoms with Gasteiger partial charge in [0.25, 0.3) is 5.69 Å². The van der Waals surface area contributed by atoms with Crippen LogP contribution in [0.5, 0.6) is 11.5 Å². The second-order valence-electron chi connectivity index (χ2n) is 3.92. The molecule has 21 heavy (non-hydrogen) atoms. The van der Waals surface area contributed by atoms with E-state index in [0.29, 0.717) is 0 Å². The molecule has 0 radical (unpaired) electrons. The summed E-state index contributed by atoms with van der Waals surface area (Å²) in [5.74, 6) is -3.81. The Labute approximate surface area is 116 Å². The number of nitro benzene ring substituents is 1. The molecule has 0 atom stereocenters. The number of halogens is 2. The molecule has 0 fully saturated rings. The molecule has 108 valence electrons. The first-order valence-corrected chi connectivity index (χ1v) is 5.53. The van der Waals surface area contributed by atoms with Gasteiger partial charge in [0.05, 0.1) is 4.92 Å². The topological polar surface area (TPSA) is 89.7 Å². The summed E-state index contributed by atoms with van der Waals surface area (Å²) in [5, 5.41) is 19.6. The number of ether oxygens (including phenoxy) is 1. The number of carbonyl (C=O) groups is 1. The molecule has 0 spiro atoms. The van der Waals surface area contributed by atoms with Crippen molar-refractivity contribution in [3.05, 3.63) is 63.7 Å². The van der Waals surface area contributed by atoms with E-state index in [9.17, 15) is 23.7 Å². The number of hydrogen-bond donors (Lipinski definition) is 1. The van der Waals surface area contributed by atoms with Gasteiger partial charge in [-0.3, -0.25) is 10.1 Å². The second-order valence-corrected chi connectivity index (χ2v) is 3.92. The van der Waals surface area contributed by atoms with Gasteiger partial charge in [-0.2, -0.15) is 0 Å². The third kappa shape index (κ3) is 3.11.